The van der Waals surface area contributed by atoms with Crippen LogP contribution in [0.4, 0.5) is 0 Å². The number of nitrogens with zero attached hydrogens (tertiary/aromatic N) is 3. The highest BCUT2D eigenvalue weighted by molar-refractivity contribution is 5.98. The third kappa shape index (κ3) is 2.64. The van der Waals surface area contributed by atoms with Gasteiger partial charge in [-0.05, 0) is 25.0 Å². The van der Waals surface area contributed by atoms with E-state index in [-0.39, 0.29) is 5.78 Å². The van der Waals surface area contributed by atoms with Crippen molar-refractivity contribution in [2.75, 3.05) is 0 Å². The number of hydrogen-bond acceptors (Lipinski definition) is 3. The van der Waals surface area contributed by atoms with E-state index in [0.717, 1.165) is 17.8 Å². The molecule has 0 spiro atoms. The van der Waals surface area contributed by atoms with Crippen molar-refractivity contribution in [3.05, 3.63) is 47.0 Å². The Balaban J connectivity index is 2.13. The molecule has 2 rings (SSSR count). The summed E-state index contributed by atoms with van der Waals surface area (Å²) in [6, 6.07) is 3.94. The maximum absolute atomic E-state index is 12.1. The highest BCUT2D eigenvalue weighted by atomic mass is 16.1. The van der Waals surface area contributed by atoms with Crippen LogP contribution in [0.5, 0.6) is 0 Å². The van der Waals surface area contributed by atoms with Crippen LogP contribution in [0.2, 0.25) is 0 Å². The number of carbonyl (C=O) groups is 1. The third-order valence-electron chi connectivity index (χ3n) is 2.95. The van der Waals surface area contributed by atoms with E-state index in [2.05, 4.69) is 17.0 Å². The molecule has 2 aromatic heterocycles. The van der Waals surface area contributed by atoms with E-state index in [9.17, 15) is 4.79 Å². The Morgan fingerprint density at radius 1 is 1.39 bits per heavy atom. The lowest BCUT2D eigenvalue weighted by molar-refractivity contribution is 0.0991. The predicted molar refractivity (Wildman–Crippen MR) is 69.6 cm³/mol. The number of hydrogen-bond donors (Lipinski definition) is 0. The Labute approximate surface area is 107 Å². The second kappa shape index (κ2) is 5.12. The van der Waals surface area contributed by atoms with Crippen molar-refractivity contribution in [3.63, 3.8) is 0 Å². The molecular weight excluding hydrogens is 226 g/mol. The van der Waals surface area contributed by atoms with Gasteiger partial charge >= 0.3 is 0 Å². The van der Waals surface area contributed by atoms with Gasteiger partial charge < -0.3 is 0 Å². The van der Waals surface area contributed by atoms with E-state index in [4.69, 9.17) is 0 Å². The minimum Gasteiger partial charge on any atom is -0.294 e. The molecule has 0 aliphatic carbocycles. The molecule has 4 nitrogen and oxygen atoms in total. The highest BCUT2D eigenvalue weighted by Crippen LogP contribution is 2.10. The second-order valence-electron chi connectivity index (χ2n) is 4.41. The molecule has 0 fully saturated rings. The molecule has 0 unspecified atom stereocenters. The molecule has 2 heterocycles. The predicted octanol–water partition coefficient (Wildman–Crippen LogP) is 2.11. The summed E-state index contributed by atoms with van der Waals surface area (Å²) >= 11 is 0. The summed E-state index contributed by atoms with van der Waals surface area (Å²) in [6.07, 6.45) is 4.89. The summed E-state index contributed by atoms with van der Waals surface area (Å²) in [5.74, 6) is 0.0670. The minimum absolute atomic E-state index is 0.0670. The molecule has 0 saturated carbocycles. The number of carbonyl (C=O) groups excluding carboxylic acids is 1. The van der Waals surface area contributed by atoms with E-state index in [1.807, 2.05) is 32.3 Å². The Bertz CT molecular complexity index is 555. The zero-order valence-electron chi connectivity index (χ0n) is 11.0. The van der Waals surface area contributed by atoms with Crippen molar-refractivity contribution in [1.82, 2.24) is 14.8 Å². The van der Waals surface area contributed by atoms with Gasteiger partial charge in [-0.1, -0.05) is 13.0 Å². The fourth-order valence-electron chi connectivity index (χ4n) is 1.90. The lowest BCUT2D eigenvalue weighted by Crippen LogP contribution is -2.05. The quantitative estimate of drug-likeness (QED) is 0.773. The van der Waals surface area contributed by atoms with Crippen molar-refractivity contribution in [2.45, 2.75) is 26.7 Å². The van der Waals surface area contributed by atoms with E-state index >= 15 is 0 Å². The fourth-order valence-corrected chi connectivity index (χ4v) is 1.90. The van der Waals surface area contributed by atoms with Crippen molar-refractivity contribution in [1.29, 1.82) is 0 Å². The Kier molecular flexibility index (Phi) is 3.55. The van der Waals surface area contributed by atoms with Gasteiger partial charge in [-0.3, -0.25) is 14.5 Å². The molecule has 0 bridgehead atoms. The highest BCUT2D eigenvalue weighted by Gasteiger charge is 2.13. The topological polar surface area (TPSA) is 47.8 Å². The van der Waals surface area contributed by atoms with Crippen LogP contribution in [0.3, 0.4) is 0 Å². The number of ketones is 1. The smallest absolute Gasteiger partial charge is 0.172 e. The molecule has 0 aromatic carbocycles. The lowest BCUT2D eigenvalue weighted by Gasteiger charge is -2.01. The average molecular weight is 243 g/mol. The molecule has 0 radical (unpaired) electrons. The number of pyridine rings is 1. The van der Waals surface area contributed by atoms with Crippen LogP contribution in [0.1, 0.15) is 34.2 Å². The lowest BCUT2D eigenvalue weighted by atomic mass is 10.1. The average Bonchev–Trinajstić information content (AvgIpc) is 2.69. The molecule has 0 aliphatic heterocycles. The summed E-state index contributed by atoms with van der Waals surface area (Å²) in [7, 11) is 1.82. The van der Waals surface area contributed by atoms with Crippen molar-refractivity contribution < 1.29 is 4.79 Å². The standard InChI is InChI=1S/C14H17N3O/c1-4-11-5-6-12(15-8-11)7-14(18)13-9-17(3)16-10(13)2/h5-6,8-9H,4,7H2,1-3H3. The van der Waals surface area contributed by atoms with E-state index in [0.29, 0.717) is 12.0 Å². The largest absolute Gasteiger partial charge is 0.294 e. The van der Waals surface area contributed by atoms with Gasteiger partial charge in [0.15, 0.2) is 5.78 Å². The van der Waals surface area contributed by atoms with Crippen LogP contribution in [0.25, 0.3) is 0 Å². The molecule has 0 amide bonds. The van der Waals surface area contributed by atoms with Gasteiger partial charge in [-0.2, -0.15) is 5.10 Å². The van der Waals surface area contributed by atoms with Gasteiger partial charge in [0.2, 0.25) is 0 Å². The van der Waals surface area contributed by atoms with E-state index in [1.54, 1.807) is 10.9 Å². The third-order valence-corrected chi connectivity index (χ3v) is 2.95. The summed E-state index contributed by atoms with van der Waals surface area (Å²) < 4.78 is 1.66. The van der Waals surface area contributed by atoms with Crippen LogP contribution in [-0.2, 0) is 19.9 Å². The Hall–Kier alpha value is -1.97. The molecule has 94 valence electrons. The summed E-state index contributed by atoms with van der Waals surface area (Å²) in [5, 5.41) is 4.18. The van der Waals surface area contributed by atoms with Crippen LogP contribution in [0.15, 0.2) is 24.5 Å². The first-order valence-corrected chi connectivity index (χ1v) is 6.07. The molecular formula is C14H17N3O. The first kappa shape index (κ1) is 12.5. The monoisotopic (exact) mass is 243 g/mol. The zero-order chi connectivity index (χ0) is 13.1. The number of Topliss-reactive ketones (excluding diaryl/α,β-unsaturated/α-hetero) is 1. The first-order valence-electron chi connectivity index (χ1n) is 6.07. The van der Waals surface area contributed by atoms with Gasteiger partial charge in [0, 0.05) is 25.1 Å². The fraction of sp³-hybridized carbons (Fsp3) is 0.357. The van der Waals surface area contributed by atoms with Crippen LogP contribution >= 0.6 is 0 Å². The SMILES string of the molecule is CCc1ccc(CC(=O)c2cn(C)nc2C)nc1. The Morgan fingerprint density at radius 2 is 2.17 bits per heavy atom. The van der Waals surface area contributed by atoms with Gasteiger partial charge in [0.25, 0.3) is 0 Å². The Morgan fingerprint density at radius 3 is 2.67 bits per heavy atom. The minimum atomic E-state index is 0.0670. The van der Waals surface area contributed by atoms with Crippen molar-refractivity contribution in [2.24, 2.45) is 7.05 Å². The molecule has 0 atom stereocenters. The number of rotatable bonds is 4. The summed E-state index contributed by atoms with van der Waals surface area (Å²) in [4.78, 5) is 16.4. The number of aryl methyl sites for hydroxylation is 3. The zero-order valence-corrected chi connectivity index (χ0v) is 11.0. The van der Waals surface area contributed by atoms with E-state index in [1.165, 1.54) is 5.56 Å². The molecule has 0 N–H and O–H groups in total. The first-order chi connectivity index (χ1) is 8.60. The second-order valence-corrected chi connectivity index (χ2v) is 4.41. The molecule has 2 aromatic rings. The van der Waals surface area contributed by atoms with Crippen molar-refractivity contribution >= 4 is 5.78 Å². The van der Waals surface area contributed by atoms with Crippen LogP contribution in [-0.4, -0.2) is 20.5 Å². The van der Waals surface area contributed by atoms with Crippen molar-refractivity contribution in [3.8, 4) is 0 Å². The molecule has 0 aliphatic rings. The van der Waals surface area contributed by atoms with Crippen LogP contribution < -0.4 is 0 Å². The maximum Gasteiger partial charge on any atom is 0.172 e. The number of aromatic nitrogens is 3. The normalized spacial score (nSPS) is 10.6. The van der Waals surface area contributed by atoms with Gasteiger partial charge in [-0.25, -0.2) is 0 Å². The van der Waals surface area contributed by atoms with Crippen LogP contribution in [0, 0.1) is 6.92 Å². The van der Waals surface area contributed by atoms with Gasteiger partial charge in [-0.15, -0.1) is 0 Å². The summed E-state index contributed by atoms with van der Waals surface area (Å²) in [6.45, 7) is 3.93. The molecule has 0 saturated heterocycles. The summed E-state index contributed by atoms with van der Waals surface area (Å²) in [5.41, 5.74) is 3.44. The maximum atomic E-state index is 12.1. The molecule has 18 heavy (non-hydrogen) atoms. The van der Waals surface area contributed by atoms with E-state index < -0.39 is 0 Å². The van der Waals surface area contributed by atoms with Gasteiger partial charge in [0.1, 0.15) is 0 Å². The molecule has 4 heteroatoms. The van der Waals surface area contributed by atoms with Gasteiger partial charge in [0.05, 0.1) is 17.7 Å².